The molecular formula is C14H21NO2. The zero-order chi connectivity index (χ0) is 12.3. The van der Waals surface area contributed by atoms with Crippen molar-refractivity contribution in [3.05, 3.63) is 29.8 Å². The van der Waals surface area contributed by atoms with Gasteiger partial charge in [-0.2, -0.15) is 0 Å². The van der Waals surface area contributed by atoms with Crippen molar-refractivity contribution >= 4 is 0 Å². The summed E-state index contributed by atoms with van der Waals surface area (Å²) in [6, 6.07) is 7.64. The number of hydrogen-bond acceptors (Lipinski definition) is 3. The van der Waals surface area contributed by atoms with Crippen LogP contribution in [0.1, 0.15) is 31.7 Å². The third kappa shape index (κ3) is 3.45. The molecule has 0 spiro atoms. The number of rotatable bonds is 5. The van der Waals surface area contributed by atoms with Gasteiger partial charge >= 0.3 is 0 Å². The van der Waals surface area contributed by atoms with Gasteiger partial charge in [0.25, 0.3) is 0 Å². The molecule has 1 fully saturated rings. The van der Waals surface area contributed by atoms with Crippen LogP contribution in [0.2, 0.25) is 0 Å². The molecule has 3 heteroatoms. The predicted octanol–water partition coefficient (Wildman–Crippen LogP) is 1.83. The Labute approximate surface area is 102 Å². The quantitative estimate of drug-likeness (QED) is 0.730. The van der Waals surface area contributed by atoms with Crippen molar-refractivity contribution in [2.24, 2.45) is 0 Å². The van der Waals surface area contributed by atoms with Crippen molar-refractivity contribution in [1.82, 2.24) is 5.32 Å². The van der Waals surface area contributed by atoms with E-state index in [2.05, 4.69) is 12.2 Å². The first-order valence-electron chi connectivity index (χ1n) is 6.31. The van der Waals surface area contributed by atoms with Gasteiger partial charge < -0.3 is 15.5 Å². The molecule has 0 radical (unpaired) electrons. The molecule has 1 aliphatic rings. The third-order valence-electron chi connectivity index (χ3n) is 3.52. The minimum Gasteiger partial charge on any atom is -0.508 e. The third-order valence-corrected chi connectivity index (χ3v) is 3.52. The zero-order valence-corrected chi connectivity index (χ0v) is 10.3. The van der Waals surface area contributed by atoms with Crippen LogP contribution in [0.4, 0.5) is 0 Å². The summed E-state index contributed by atoms with van der Waals surface area (Å²) < 4.78 is 0. The van der Waals surface area contributed by atoms with Crippen LogP contribution in [-0.4, -0.2) is 28.4 Å². The van der Waals surface area contributed by atoms with Crippen molar-refractivity contribution in [2.45, 2.75) is 44.2 Å². The van der Waals surface area contributed by atoms with Crippen LogP contribution in [0.3, 0.4) is 0 Å². The molecule has 0 bridgehead atoms. The van der Waals surface area contributed by atoms with Crippen LogP contribution < -0.4 is 5.32 Å². The molecule has 1 atom stereocenters. The molecule has 1 saturated carbocycles. The Hall–Kier alpha value is -1.06. The summed E-state index contributed by atoms with van der Waals surface area (Å²) in [5, 5.41) is 22.7. The Morgan fingerprint density at radius 2 is 2.18 bits per heavy atom. The Balaban J connectivity index is 1.78. The number of phenolic OH excluding ortho intramolecular Hbond substituents is 1. The van der Waals surface area contributed by atoms with Crippen molar-refractivity contribution in [3.8, 4) is 5.75 Å². The van der Waals surface area contributed by atoms with Gasteiger partial charge in [0.1, 0.15) is 5.75 Å². The second kappa shape index (κ2) is 5.07. The smallest absolute Gasteiger partial charge is 0.115 e. The summed E-state index contributed by atoms with van der Waals surface area (Å²) in [4.78, 5) is 0. The maximum Gasteiger partial charge on any atom is 0.115 e. The van der Waals surface area contributed by atoms with E-state index in [1.807, 2.05) is 12.1 Å². The fourth-order valence-electron chi connectivity index (χ4n) is 2.24. The topological polar surface area (TPSA) is 52.5 Å². The number of aliphatic hydroxyl groups is 1. The first-order chi connectivity index (χ1) is 8.07. The van der Waals surface area contributed by atoms with Crippen LogP contribution in [0.5, 0.6) is 5.75 Å². The molecule has 0 amide bonds. The van der Waals surface area contributed by atoms with Gasteiger partial charge in [0.2, 0.25) is 0 Å². The largest absolute Gasteiger partial charge is 0.508 e. The van der Waals surface area contributed by atoms with Gasteiger partial charge in [0.15, 0.2) is 0 Å². The maximum atomic E-state index is 9.97. The first-order valence-corrected chi connectivity index (χ1v) is 6.31. The minimum atomic E-state index is -0.465. The summed E-state index contributed by atoms with van der Waals surface area (Å²) in [5.74, 6) is 0.312. The fraction of sp³-hybridized carbons (Fsp3) is 0.571. The molecule has 1 aromatic carbocycles. The van der Waals surface area contributed by atoms with E-state index < -0.39 is 5.60 Å². The maximum absolute atomic E-state index is 9.97. The van der Waals surface area contributed by atoms with Gasteiger partial charge in [-0.05, 0) is 50.3 Å². The van der Waals surface area contributed by atoms with Crippen LogP contribution in [0.15, 0.2) is 24.3 Å². The Morgan fingerprint density at radius 3 is 2.76 bits per heavy atom. The Bertz CT molecular complexity index is 374. The molecule has 94 valence electrons. The van der Waals surface area contributed by atoms with E-state index in [9.17, 15) is 10.2 Å². The van der Waals surface area contributed by atoms with Crippen molar-refractivity contribution < 1.29 is 10.2 Å². The zero-order valence-electron chi connectivity index (χ0n) is 10.3. The monoisotopic (exact) mass is 235 g/mol. The van der Waals surface area contributed by atoms with E-state index in [-0.39, 0.29) is 0 Å². The molecule has 0 aromatic heterocycles. The lowest BCUT2D eigenvalue weighted by Gasteiger charge is -2.37. The number of phenols is 1. The summed E-state index contributed by atoms with van der Waals surface area (Å²) in [6.07, 6.45) is 3.83. The lowest BCUT2D eigenvalue weighted by atomic mass is 9.80. The van der Waals surface area contributed by atoms with E-state index >= 15 is 0 Å². The fourth-order valence-corrected chi connectivity index (χ4v) is 2.24. The number of aromatic hydroxyl groups is 1. The van der Waals surface area contributed by atoms with E-state index in [0.717, 1.165) is 31.2 Å². The molecule has 0 heterocycles. The average molecular weight is 235 g/mol. The normalized spacial score (nSPS) is 19.6. The summed E-state index contributed by atoms with van der Waals surface area (Å²) in [6.45, 7) is 2.78. The molecule has 1 unspecified atom stereocenters. The molecule has 0 saturated heterocycles. The van der Waals surface area contributed by atoms with Gasteiger partial charge in [0, 0.05) is 12.6 Å². The molecular weight excluding hydrogens is 214 g/mol. The second-order valence-corrected chi connectivity index (χ2v) is 5.23. The molecule has 1 aliphatic carbocycles. The molecule has 3 N–H and O–H groups in total. The molecule has 17 heavy (non-hydrogen) atoms. The summed E-state index contributed by atoms with van der Waals surface area (Å²) >= 11 is 0. The van der Waals surface area contributed by atoms with Gasteiger partial charge in [-0.1, -0.05) is 12.1 Å². The van der Waals surface area contributed by atoms with Crippen molar-refractivity contribution in [3.63, 3.8) is 0 Å². The summed E-state index contributed by atoms with van der Waals surface area (Å²) in [7, 11) is 0. The van der Waals surface area contributed by atoms with Crippen molar-refractivity contribution in [2.75, 3.05) is 6.54 Å². The minimum absolute atomic E-state index is 0.307. The summed E-state index contributed by atoms with van der Waals surface area (Å²) in [5.41, 5.74) is 0.651. The highest BCUT2D eigenvalue weighted by atomic mass is 16.3. The first kappa shape index (κ1) is 12.4. The Kier molecular flexibility index (Phi) is 3.69. The van der Waals surface area contributed by atoms with Crippen molar-refractivity contribution in [1.29, 1.82) is 0 Å². The van der Waals surface area contributed by atoms with Crippen LogP contribution in [0, 0.1) is 0 Å². The van der Waals surface area contributed by atoms with Crippen LogP contribution in [0.25, 0.3) is 0 Å². The average Bonchev–Trinajstić information content (AvgIpc) is 2.24. The van der Waals surface area contributed by atoms with E-state index in [1.165, 1.54) is 0 Å². The van der Waals surface area contributed by atoms with E-state index in [0.29, 0.717) is 18.3 Å². The standard InChI is InChI=1S/C14H21NO2/c1-11(15-10-14(17)6-3-7-14)8-12-4-2-5-13(16)9-12/h2,4-5,9,11,15-17H,3,6-8,10H2,1H3. The van der Waals surface area contributed by atoms with E-state index in [4.69, 9.17) is 0 Å². The molecule has 0 aliphatic heterocycles. The highest BCUT2D eigenvalue weighted by Gasteiger charge is 2.34. The van der Waals surface area contributed by atoms with Gasteiger partial charge in [0.05, 0.1) is 5.60 Å². The number of benzene rings is 1. The number of nitrogens with one attached hydrogen (secondary N) is 1. The van der Waals surface area contributed by atoms with Crippen LogP contribution in [-0.2, 0) is 6.42 Å². The number of hydrogen-bond donors (Lipinski definition) is 3. The van der Waals surface area contributed by atoms with Gasteiger partial charge in [-0.3, -0.25) is 0 Å². The SMILES string of the molecule is CC(Cc1cccc(O)c1)NCC1(O)CCC1. The molecule has 1 aromatic rings. The lowest BCUT2D eigenvalue weighted by molar-refractivity contribution is -0.0328. The molecule has 2 rings (SSSR count). The lowest BCUT2D eigenvalue weighted by Crippen LogP contribution is -2.48. The van der Waals surface area contributed by atoms with Crippen LogP contribution >= 0.6 is 0 Å². The highest BCUT2D eigenvalue weighted by molar-refractivity contribution is 5.27. The van der Waals surface area contributed by atoms with E-state index in [1.54, 1.807) is 12.1 Å². The van der Waals surface area contributed by atoms with Gasteiger partial charge in [-0.15, -0.1) is 0 Å². The second-order valence-electron chi connectivity index (χ2n) is 5.23. The molecule has 3 nitrogen and oxygen atoms in total. The highest BCUT2D eigenvalue weighted by Crippen LogP contribution is 2.30. The Morgan fingerprint density at radius 1 is 1.41 bits per heavy atom. The van der Waals surface area contributed by atoms with Gasteiger partial charge in [-0.25, -0.2) is 0 Å². The predicted molar refractivity (Wildman–Crippen MR) is 68.1 cm³/mol.